The van der Waals surface area contributed by atoms with Crippen molar-refractivity contribution in [2.45, 2.75) is 24.7 Å². The summed E-state index contributed by atoms with van der Waals surface area (Å²) >= 11 is 13.0. The summed E-state index contributed by atoms with van der Waals surface area (Å²) in [7, 11) is 0. The molecule has 3 aromatic rings. The maximum absolute atomic E-state index is 13.6. The highest BCUT2D eigenvalue weighted by atomic mass is 35.5. The van der Waals surface area contributed by atoms with Crippen LogP contribution in [-0.4, -0.2) is 35.8 Å². The summed E-state index contributed by atoms with van der Waals surface area (Å²) in [4.78, 5) is 39.2. The van der Waals surface area contributed by atoms with Crippen molar-refractivity contribution in [3.8, 4) is 0 Å². The van der Waals surface area contributed by atoms with E-state index in [9.17, 15) is 27.6 Å². The number of carbonyl (C=O) groups excluding carboxylic acids is 3. The lowest BCUT2D eigenvalue weighted by molar-refractivity contribution is -0.156. The maximum Gasteiger partial charge on any atom is 0.418 e. The van der Waals surface area contributed by atoms with Gasteiger partial charge >= 0.3 is 12.1 Å². The third-order valence-electron chi connectivity index (χ3n) is 5.43. The van der Waals surface area contributed by atoms with Crippen molar-refractivity contribution >= 4 is 58.4 Å². The number of thioether (sulfide) groups is 1. The highest BCUT2D eigenvalue weighted by Crippen LogP contribution is 2.37. The molecule has 3 aromatic carbocycles. The Morgan fingerprint density at radius 3 is 2.21 bits per heavy atom. The lowest BCUT2D eigenvalue weighted by atomic mass is 10.1. The number of ether oxygens (including phenoxy) is 1. The van der Waals surface area contributed by atoms with Crippen LogP contribution in [0, 0.1) is 0 Å². The Bertz CT molecular complexity index is 1310. The molecule has 6 nitrogen and oxygen atoms in total. The molecule has 0 aliphatic rings. The predicted octanol–water partition coefficient (Wildman–Crippen LogP) is 6.79. The fourth-order valence-electron chi connectivity index (χ4n) is 3.48. The minimum absolute atomic E-state index is 0.167. The van der Waals surface area contributed by atoms with Gasteiger partial charge in [-0.05, 0) is 60.9 Å². The molecule has 0 heterocycles. The van der Waals surface area contributed by atoms with Gasteiger partial charge in [0.2, 0.25) is 6.10 Å². The highest BCUT2D eigenvalue weighted by molar-refractivity contribution is 7.98. The predicted molar refractivity (Wildman–Crippen MR) is 146 cm³/mol. The minimum Gasteiger partial charge on any atom is -0.446 e. The molecule has 0 spiro atoms. The Morgan fingerprint density at radius 1 is 0.949 bits per heavy atom. The van der Waals surface area contributed by atoms with Crippen molar-refractivity contribution in [2.75, 3.05) is 17.3 Å². The molecule has 12 heteroatoms. The van der Waals surface area contributed by atoms with E-state index in [4.69, 9.17) is 27.9 Å². The number of hydrogen-bond acceptors (Lipinski definition) is 5. The van der Waals surface area contributed by atoms with Crippen molar-refractivity contribution < 1.29 is 32.3 Å². The number of benzene rings is 3. The molecule has 0 bridgehead atoms. The molecule has 0 fully saturated rings. The van der Waals surface area contributed by atoms with Crippen LogP contribution in [0.5, 0.6) is 0 Å². The van der Waals surface area contributed by atoms with E-state index in [-0.39, 0.29) is 22.6 Å². The van der Waals surface area contributed by atoms with Crippen molar-refractivity contribution in [3.05, 3.63) is 99.5 Å². The Kier molecular flexibility index (Phi) is 10.7. The molecular formula is C27H23Cl2F3N2O4S. The van der Waals surface area contributed by atoms with Gasteiger partial charge in [-0.1, -0.05) is 53.5 Å². The van der Waals surface area contributed by atoms with E-state index < -0.39 is 47.4 Å². The third kappa shape index (κ3) is 8.64. The fraction of sp³-hybridized carbons (Fsp3) is 0.222. The summed E-state index contributed by atoms with van der Waals surface area (Å²) in [5.74, 6) is -2.04. The molecule has 206 valence electrons. The number of nitrogens with one attached hydrogen (secondary N) is 2. The van der Waals surface area contributed by atoms with Crippen LogP contribution in [0.4, 0.5) is 18.9 Å². The molecule has 0 aromatic heterocycles. The topological polar surface area (TPSA) is 84.5 Å². The van der Waals surface area contributed by atoms with Gasteiger partial charge in [-0.3, -0.25) is 9.59 Å². The van der Waals surface area contributed by atoms with E-state index in [0.717, 1.165) is 6.07 Å². The van der Waals surface area contributed by atoms with Crippen molar-refractivity contribution in [3.63, 3.8) is 0 Å². The van der Waals surface area contributed by atoms with Crippen LogP contribution < -0.4 is 10.6 Å². The van der Waals surface area contributed by atoms with Crippen LogP contribution in [0.15, 0.2) is 72.8 Å². The van der Waals surface area contributed by atoms with Gasteiger partial charge in [0.15, 0.2) is 0 Å². The Balaban J connectivity index is 1.87. The van der Waals surface area contributed by atoms with E-state index in [2.05, 4.69) is 10.6 Å². The smallest absolute Gasteiger partial charge is 0.418 e. The van der Waals surface area contributed by atoms with Gasteiger partial charge in [-0.15, -0.1) is 0 Å². The van der Waals surface area contributed by atoms with E-state index in [1.807, 2.05) is 6.26 Å². The normalized spacial score (nSPS) is 12.8. The largest absolute Gasteiger partial charge is 0.446 e. The van der Waals surface area contributed by atoms with E-state index in [0.29, 0.717) is 16.8 Å². The first-order valence-corrected chi connectivity index (χ1v) is 13.6. The first-order chi connectivity index (χ1) is 18.5. The first-order valence-electron chi connectivity index (χ1n) is 11.5. The average Bonchev–Trinajstić information content (AvgIpc) is 2.90. The number of rotatable bonds is 10. The zero-order chi connectivity index (χ0) is 28.6. The van der Waals surface area contributed by atoms with Crippen molar-refractivity contribution in [1.29, 1.82) is 0 Å². The van der Waals surface area contributed by atoms with Gasteiger partial charge in [0.25, 0.3) is 11.8 Å². The van der Waals surface area contributed by atoms with Crippen LogP contribution in [0.3, 0.4) is 0 Å². The number of alkyl halides is 3. The zero-order valence-corrected chi connectivity index (χ0v) is 22.8. The van der Waals surface area contributed by atoms with Gasteiger partial charge in [0, 0.05) is 21.2 Å². The van der Waals surface area contributed by atoms with E-state index in [1.165, 1.54) is 54.2 Å². The van der Waals surface area contributed by atoms with Crippen LogP contribution in [0.2, 0.25) is 10.0 Å². The Hall–Kier alpha value is -3.21. The van der Waals surface area contributed by atoms with E-state index >= 15 is 0 Å². The van der Waals surface area contributed by atoms with Gasteiger partial charge in [-0.25, -0.2) is 4.79 Å². The van der Waals surface area contributed by atoms with Gasteiger partial charge in [-0.2, -0.15) is 24.9 Å². The van der Waals surface area contributed by atoms with Crippen molar-refractivity contribution in [2.24, 2.45) is 0 Å². The molecule has 3 rings (SSSR count). The monoisotopic (exact) mass is 598 g/mol. The summed E-state index contributed by atoms with van der Waals surface area (Å²) in [6.07, 6.45) is -4.42. The maximum atomic E-state index is 13.6. The lowest BCUT2D eigenvalue weighted by Crippen LogP contribution is -2.43. The number of anilines is 1. The Labute approximate surface area is 237 Å². The summed E-state index contributed by atoms with van der Waals surface area (Å²) in [6, 6.07) is 15.6. The summed E-state index contributed by atoms with van der Waals surface area (Å²) in [5, 5.41) is 5.07. The second-order valence-electron chi connectivity index (χ2n) is 8.22. The molecular weight excluding hydrogens is 576 g/mol. The molecule has 0 unspecified atom stereocenters. The minimum atomic E-state index is -4.80. The first kappa shape index (κ1) is 30.3. The van der Waals surface area contributed by atoms with Crippen LogP contribution in [0.25, 0.3) is 0 Å². The van der Waals surface area contributed by atoms with Gasteiger partial charge < -0.3 is 15.4 Å². The molecule has 0 aliphatic carbocycles. The lowest BCUT2D eigenvalue weighted by Gasteiger charge is -2.23. The van der Waals surface area contributed by atoms with Crippen LogP contribution in [0.1, 0.15) is 34.0 Å². The molecule has 39 heavy (non-hydrogen) atoms. The quantitative estimate of drug-likeness (QED) is 0.251. The van der Waals surface area contributed by atoms with Crippen LogP contribution >= 0.6 is 35.0 Å². The summed E-state index contributed by atoms with van der Waals surface area (Å²) in [5.41, 5.74) is -1.24. The average molecular weight is 599 g/mol. The van der Waals surface area contributed by atoms with Crippen molar-refractivity contribution in [1.82, 2.24) is 5.32 Å². The fourth-order valence-corrected chi connectivity index (χ4v) is 4.25. The number of halogens is 5. The molecule has 0 saturated carbocycles. The number of carbonyl (C=O) groups is 3. The summed E-state index contributed by atoms with van der Waals surface area (Å²) < 4.78 is 46.3. The number of amides is 2. The number of esters is 1. The SMILES string of the molecule is CSCC[C@@H](NC(=O)c1ccc(Cl)cc1)C(=O)O[C@H](C(=O)Nc1ccc(Cl)cc1C(F)(F)F)c1ccccc1. The molecule has 0 radical (unpaired) electrons. The van der Waals surface area contributed by atoms with E-state index in [1.54, 1.807) is 18.2 Å². The zero-order valence-electron chi connectivity index (χ0n) is 20.4. The number of hydrogen-bond donors (Lipinski definition) is 2. The van der Waals surface area contributed by atoms with Gasteiger partial charge in [0.05, 0.1) is 11.3 Å². The molecule has 2 N–H and O–H groups in total. The molecule has 2 atom stereocenters. The summed E-state index contributed by atoms with van der Waals surface area (Å²) in [6.45, 7) is 0. The molecule has 0 saturated heterocycles. The highest BCUT2D eigenvalue weighted by Gasteiger charge is 2.36. The molecule has 2 amide bonds. The second-order valence-corrected chi connectivity index (χ2v) is 10.1. The standard InChI is InChI=1S/C27H23Cl2F3N2O4S/c1-39-14-13-22(34-24(35)17-7-9-18(28)10-8-17)26(37)38-23(16-5-3-2-4-6-16)25(36)33-21-12-11-19(29)15-20(21)27(30,31)32/h2-12,15,22-23H,13-14H2,1H3,(H,33,36)(H,34,35)/t22-,23+/m1/s1. The third-order valence-corrected chi connectivity index (χ3v) is 6.56. The molecule has 0 aliphatic heterocycles. The Morgan fingerprint density at radius 2 is 1.59 bits per heavy atom. The van der Waals surface area contributed by atoms with Crippen LogP contribution in [-0.2, 0) is 20.5 Å². The second kappa shape index (κ2) is 13.7. The van der Waals surface area contributed by atoms with Gasteiger partial charge in [0.1, 0.15) is 6.04 Å².